The van der Waals surface area contributed by atoms with Crippen molar-refractivity contribution < 1.29 is 23.7 Å². The Bertz CT molecular complexity index is 1170. The van der Waals surface area contributed by atoms with Crippen LogP contribution in [0.3, 0.4) is 0 Å². The van der Waals surface area contributed by atoms with Crippen molar-refractivity contribution in [2.45, 2.75) is 83.8 Å². The molecule has 0 amide bonds. The van der Waals surface area contributed by atoms with Gasteiger partial charge < -0.3 is 18.9 Å². The van der Waals surface area contributed by atoms with E-state index in [1.54, 1.807) is 20.3 Å². The number of carbonyl (C=O) groups excluding carboxylic acids is 1. The van der Waals surface area contributed by atoms with Gasteiger partial charge in [0.05, 0.1) is 32.0 Å². The van der Waals surface area contributed by atoms with Crippen LogP contribution >= 0.6 is 0 Å². The van der Waals surface area contributed by atoms with Crippen molar-refractivity contribution in [2.24, 2.45) is 17.8 Å². The van der Waals surface area contributed by atoms with Gasteiger partial charge in [0.25, 0.3) is 0 Å². The molecule has 204 valence electrons. The topological polar surface area (TPSA) is 54.0 Å². The lowest BCUT2D eigenvalue weighted by Gasteiger charge is -2.57. The second-order valence-electron chi connectivity index (χ2n) is 12.2. The maximum absolute atomic E-state index is 13.6. The number of methoxy groups -OCH3 is 2. The van der Waals surface area contributed by atoms with Crippen molar-refractivity contribution in [3.63, 3.8) is 0 Å². The minimum atomic E-state index is -0.0894. The van der Waals surface area contributed by atoms with E-state index in [2.05, 4.69) is 6.07 Å². The van der Waals surface area contributed by atoms with Crippen LogP contribution in [-0.4, -0.2) is 32.2 Å². The molecule has 5 heteroatoms. The zero-order valence-electron chi connectivity index (χ0n) is 23.7. The average Bonchev–Trinajstić information content (AvgIpc) is 2.85. The minimum Gasteiger partial charge on any atom is -0.496 e. The smallest absolute Gasteiger partial charge is 0.189 e. The summed E-state index contributed by atoms with van der Waals surface area (Å²) in [6.45, 7) is 7.97. The number of carbonyl (C=O) groups is 1. The van der Waals surface area contributed by atoms with Crippen molar-refractivity contribution in [3.05, 3.63) is 53.1 Å². The highest BCUT2D eigenvalue weighted by atomic mass is 16.5. The lowest BCUT2D eigenvalue weighted by Crippen LogP contribution is -2.48. The van der Waals surface area contributed by atoms with Crippen molar-refractivity contribution in [3.8, 4) is 23.0 Å². The van der Waals surface area contributed by atoms with Gasteiger partial charge in [0, 0.05) is 23.3 Å². The fourth-order valence-electron chi connectivity index (χ4n) is 7.56. The first kappa shape index (κ1) is 26.6. The van der Waals surface area contributed by atoms with E-state index in [9.17, 15) is 4.79 Å². The third-order valence-corrected chi connectivity index (χ3v) is 8.53. The molecular formula is C33H42O5. The lowest BCUT2D eigenvalue weighted by molar-refractivity contribution is -0.00619. The van der Waals surface area contributed by atoms with Crippen LogP contribution in [0.4, 0.5) is 0 Å². The standard InChI is InChI=1S/C33H42O5/c1-20(2)37-26-9-7-25(30(14-26)38-21(3)4)8-10-29(34)27-15-28(32(36-6)16-31(27)35-5)33-17-22-11-23(18-33)13-24(12-22)19-33/h7-10,14-16,20-24H,11-13,17-19H2,1-6H3. The van der Waals surface area contributed by atoms with E-state index in [1.807, 2.05) is 58.0 Å². The molecule has 38 heavy (non-hydrogen) atoms. The minimum absolute atomic E-state index is 0.00308. The molecule has 0 spiro atoms. The van der Waals surface area contributed by atoms with Crippen molar-refractivity contribution in [1.29, 1.82) is 0 Å². The van der Waals surface area contributed by atoms with Crippen LogP contribution in [0.25, 0.3) is 6.08 Å². The molecule has 2 aromatic rings. The lowest BCUT2D eigenvalue weighted by atomic mass is 9.48. The number of hydrogen-bond acceptors (Lipinski definition) is 5. The molecule has 4 saturated carbocycles. The molecule has 4 aliphatic carbocycles. The molecule has 0 N–H and O–H groups in total. The monoisotopic (exact) mass is 518 g/mol. The summed E-state index contributed by atoms with van der Waals surface area (Å²) in [5.41, 5.74) is 2.71. The molecular weight excluding hydrogens is 476 g/mol. The zero-order chi connectivity index (χ0) is 27.0. The average molecular weight is 519 g/mol. The van der Waals surface area contributed by atoms with Crippen molar-refractivity contribution in [1.82, 2.24) is 0 Å². The zero-order valence-corrected chi connectivity index (χ0v) is 23.7. The molecule has 5 nitrogen and oxygen atoms in total. The van der Waals surface area contributed by atoms with Gasteiger partial charge in [-0.3, -0.25) is 4.79 Å². The normalized spacial score (nSPS) is 25.8. The number of hydrogen-bond donors (Lipinski definition) is 0. The number of rotatable bonds is 10. The number of allylic oxidation sites excluding steroid dienone is 1. The van der Waals surface area contributed by atoms with Crippen LogP contribution in [0.5, 0.6) is 23.0 Å². The SMILES string of the molecule is COc1cc(OC)c(C23CC4CC(CC(C4)C2)C3)cc1C(=O)C=Cc1ccc(OC(C)C)cc1OC(C)C. The molecule has 0 atom stereocenters. The molecule has 4 fully saturated rings. The summed E-state index contributed by atoms with van der Waals surface area (Å²) in [6, 6.07) is 9.73. The highest BCUT2D eigenvalue weighted by Gasteiger charge is 2.52. The molecule has 6 rings (SSSR count). The fraction of sp³-hybridized carbons (Fsp3) is 0.545. The van der Waals surface area contributed by atoms with Crippen LogP contribution in [-0.2, 0) is 5.41 Å². The summed E-state index contributed by atoms with van der Waals surface area (Å²) in [5.74, 6) is 5.14. The Labute approximate surface area is 227 Å². The predicted molar refractivity (Wildman–Crippen MR) is 151 cm³/mol. The van der Waals surface area contributed by atoms with Crippen molar-refractivity contribution in [2.75, 3.05) is 14.2 Å². The van der Waals surface area contributed by atoms with Gasteiger partial charge >= 0.3 is 0 Å². The summed E-state index contributed by atoms with van der Waals surface area (Å²) in [5, 5.41) is 0. The van der Waals surface area contributed by atoms with Gasteiger partial charge in [-0.15, -0.1) is 0 Å². The Balaban J connectivity index is 1.48. The van der Waals surface area contributed by atoms with E-state index < -0.39 is 0 Å². The first-order valence-corrected chi connectivity index (χ1v) is 14.2. The quantitative estimate of drug-likeness (QED) is 0.239. The number of benzene rings is 2. The van der Waals surface area contributed by atoms with Gasteiger partial charge in [-0.05, 0) is 120 Å². The maximum atomic E-state index is 13.6. The highest BCUT2D eigenvalue weighted by molar-refractivity contribution is 6.09. The molecule has 0 radical (unpaired) electrons. The first-order valence-electron chi connectivity index (χ1n) is 14.2. The summed E-state index contributed by atoms with van der Waals surface area (Å²) < 4.78 is 23.5. The molecule has 0 aromatic heterocycles. The van der Waals surface area contributed by atoms with Crippen LogP contribution in [0.15, 0.2) is 36.4 Å². The van der Waals surface area contributed by atoms with Gasteiger partial charge in [-0.2, -0.15) is 0 Å². The largest absolute Gasteiger partial charge is 0.496 e. The van der Waals surface area contributed by atoms with E-state index in [4.69, 9.17) is 18.9 Å². The van der Waals surface area contributed by atoms with Crippen LogP contribution in [0.2, 0.25) is 0 Å². The number of ketones is 1. The Hall–Kier alpha value is -2.95. The predicted octanol–water partition coefficient (Wildman–Crippen LogP) is 7.64. The summed E-state index contributed by atoms with van der Waals surface area (Å²) in [6.07, 6.45) is 11.2. The van der Waals surface area contributed by atoms with E-state index in [1.165, 1.54) is 44.1 Å². The second-order valence-corrected chi connectivity index (χ2v) is 12.2. The van der Waals surface area contributed by atoms with Crippen LogP contribution < -0.4 is 18.9 Å². The molecule has 2 aromatic carbocycles. The third kappa shape index (κ3) is 5.30. The maximum Gasteiger partial charge on any atom is 0.189 e. The highest BCUT2D eigenvalue weighted by Crippen LogP contribution is 2.62. The van der Waals surface area contributed by atoms with E-state index in [0.29, 0.717) is 17.1 Å². The molecule has 4 aliphatic rings. The Morgan fingerprint density at radius 1 is 0.816 bits per heavy atom. The van der Waals surface area contributed by atoms with Crippen LogP contribution in [0.1, 0.15) is 87.7 Å². The molecule has 0 aliphatic heterocycles. The van der Waals surface area contributed by atoms with Gasteiger partial charge in [-0.1, -0.05) is 0 Å². The third-order valence-electron chi connectivity index (χ3n) is 8.53. The Kier molecular flexibility index (Phi) is 7.48. The van der Waals surface area contributed by atoms with E-state index in [-0.39, 0.29) is 23.4 Å². The molecule has 0 unspecified atom stereocenters. The first-order chi connectivity index (χ1) is 18.2. The summed E-state index contributed by atoms with van der Waals surface area (Å²) in [4.78, 5) is 13.6. The molecule has 0 heterocycles. The second kappa shape index (κ2) is 10.7. The van der Waals surface area contributed by atoms with Gasteiger partial charge in [0.1, 0.15) is 23.0 Å². The summed E-state index contributed by atoms with van der Waals surface area (Å²) in [7, 11) is 3.34. The van der Waals surface area contributed by atoms with Gasteiger partial charge in [0.2, 0.25) is 0 Å². The fourth-order valence-corrected chi connectivity index (χ4v) is 7.56. The van der Waals surface area contributed by atoms with Crippen LogP contribution in [0, 0.1) is 17.8 Å². The van der Waals surface area contributed by atoms with E-state index in [0.717, 1.165) is 34.8 Å². The Morgan fingerprint density at radius 3 is 1.97 bits per heavy atom. The molecule has 4 bridgehead atoms. The Morgan fingerprint density at radius 2 is 1.42 bits per heavy atom. The van der Waals surface area contributed by atoms with E-state index >= 15 is 0 Å². The van der Waals surface area contributed by atoms with Gasteiger partial charge in [0.15, 0.2) is 5.78 Å². The number of ether oxygens (including phenoxy) is 4. The van der Waals surface area contributed by atoms with Crippen molar-refractivity contribution >= 4 is 11.9 Å². The van der Waals surface area contributed by atoms with Gasteiger partial charge in [-0.25, -0.2) is 0 Å². The molecule has 0 saturated heterocycles. The summed E-state index contributed by atoms with van der Waals surface area (Å²) >= 11 is 0.